The van der Waals surface area contributed by atoms with Gasteiger partial charge in [0.05, 0.1) is 22.4 Å². The number of amides is 1. The minimum Gasteiger partial charge on any atom is -0.350 e. The Hall–Kier alpha value is -1.52. The summed E-state index contributed by atoms with van der Waals surface area (Å²) in [5.41, 5.74) is 0.826. The van der Waals surface area contributed by atoms with Crippen LogP contribution in [0.25, 0.3) is 0 Å². The SMILES string of the molecule is C[C@@H](NC(=O)CCCn1ccnc1)c1cccc(Cl)c1Cl. The number of rotatable bonds is 6. The van der Waals surface area contributed by atoms with E-state index >= 15 is 0 Å². The summed E-state index contributed by atoms with van der Waals surface area (Å²) in [6.45, 7) is 2.67. The van der Waals surface area contributed by atoms with Crippen molar-refractivity contribution in [2.24, 2.45) is 0 Å². The smallest absolute Gasteiger partial charge is 0.220 e. The van der Waals surface area contributed by atoms with E-state index in [4.69, 9.17) is 23.2 Å². The molecule has 2 rings (SSSR count). The lowest BCUT2D eigenvalue weighted by molar-refractivity contribution is -0.121. The molecule has 0 aliphatic rings. The van der Waals surface area contributed by atoms with Crippen LogP contribution < -0.4 is 5.32 Å². The van der Waals surface area contributed by atoms with Crippen molar-refractivity contribution in [3.05, 3.63) is 52.5 Å². The summed E-state index contributed by atoms with van der Waals surface area (Å²) >= 11 is 12.1. The van der Waals surface area contributed by atoms with E-state index in [9.17, 15) is 4.79 Å². The van der Waals surface area contributed by atoms with E-state index in [-0.39, 0.29) is 11.9 Å². The molecule has 1 aromatic heterocycles. The average molecular weight is 326 g/mol. The van der Waals surface area contributed by atoms with Gasteiger partial charge in [-0.15, -0.1) is 0 Å². The summed E-state index contributed by atoms with van der Waals surface area (Å²) in [7, 11) is 0. The zero-order valence-corrected chi connectivity index (χ0v) is 13.2. The first-order valence-corrected chi connectivity index (χ1v) is 7.52. The zero-order chi connectivity index (χ0) is 15.2. The maximum absolute atomic E-state index is 11.9. The Morgan fingerprint density at radius 2 is 2.24 bits per heavy atom. The minimum atomic E-state index is -0.169. The Kier molecular flexibility index (Phi) is 5.65. The maximum atomic E-state index is 11.9. The van der Waals surface area contributed by atoms with Gasteiger partial charge in [0, 0.05) is 25.4 Å². The molecule has 2 aromatic rings. The second-order valence-corrected chi connectivity index (χ2v) is 5.62. The van der Waals surface area contributed by atoms with E-state index in [1.807, 2.05) is 29.8 Å². The molecule has 0 bridgehead atoms. The third-order valence-corrected chi connectivity index (χ3v) is 4.04. The number of benzene rings is 1. The molecule has 0 radical (unpaired) electrons. The number of halogens is 2. The number of nitrogens with zero attached hydrogens (tertiary/aromatic N) is 2. The van der Waals surface area contributed by atoms with Gasteiger partial charge in [-0.2, -0.15) is 0 Å². The molecule has 0 unspecified atom stereocenters. The zero-order valence-electron chi connectivity index (χ0n) is 11.7. The van der Waals surface area contributed by atoms with Crippen molar-refractivity contribution in [2.75, 3.05) is 0 Å². The Labute approximate surface area is 134 Å². The highest BCUT2D eigenvalue weighted by molar-refractivity contribution is 6.42. The molecule has 21 heavy (non-hydrogen) atoms. The fraction of sp³-hybridized carbons (Fsp3) is 0.333. The predicted octanol–water partition coefficient (Wildman–Crippen LogP) is 3.85. The van der Waals surface area contributed by atoms with Gasteiger partial charge in [-0.3, -0.25) is 4.79 Å². The first-order valence-electron chi connectivity index (χ1n) is 6.77. The van der Waals surface area contributed by atoms with E-state index < -0.39 is 0 Å². The summed E-state index contributed by atoms with van der Waals surface area (Å²) in [6.07, 6.45) is 6.57. The van der Waals surface area contributed by atoms with Gasteiger partial charge in [0.25, 0.3) is 0 Å². The molecule has 0 spiro atoms. The molecule has 0 saturated carbocycles. The normalized spacial score (nSPS) is 12.1. The van der Waals surface area contributed by atoms with E-state index in [0.717, 1.165) is 18.5 Å². The van der Waals surface area contributed by atoms with Gasteiger partial charge in [-0.05, 0) is 25.0 Å². The highest BCUT2D eigenvalue weighted by atomic mass is 35.5. The molecule has 0 saturated heterocycles. The van der Waals surface area contributed by atoms with Gasteiger partial charge in [0.1, 0.15) is 0 Å². The molecule has 0 aliphatic carbocycles. The Morgan fingerprint density at radius 1 is 1.43 bits per heavy atom. The quantitative estimate of drug-likeness (QED) is 0.876. The number of carbonyl (C=O) groups excluding carboxylic acids is 1. The van der Waals surface area contributed by atoms with Gasteiger partial charge in [-0.1, -0.05) is 35.3 Å². The van der Waals surface area contributed by atoms with Crippen molar-refractivity contribution in [2.45, 2.75) is 32.4 Å². The van der Waals surface area contributed by atoms with Gasteiger partial charge < -0.3 is 9.88 Å². The van der Waals surface area contributed by atoms with Crippen LogP contribution in [0.4, 0.5) is 0 Å². The topological polar surface area (TPSA) is 46.9 Å². The van der Waals surface area contributed by atoms with E-state index in [1.54, 1.807) is 18.6 Å². The first-order chi connectivity index (χ1) is 10.1. The van der Waals surface area contributed by atoms with Gasteiger partial charge in [0.15, 0.2) is 0 Å². The number of aryl methyl sites for hydroxylation is 1. The molecular weight excluding hydrogens is 309 g/mol. The van der Waals surface area contributed by atoms with Crippen molar-refractivity contribution in [3.63, 3.8) is 0 Å². The van der Waals surface area contributed by atoms with Gasteiger partial charge >= 0.3 is 0 Å². The molecule has 4 nitrogen and oxygen atoms in total. The second-order valence-electron chi connectivity index (χ2n) is 4.84. The molecule has 0 fully saturated rings. The van der Waals surface area contributed by atoms with E-state index in [0.29, 0.717) is 16.5 Å². The Bertz CT molecular complexity index is 599. The first kappa shape index (κ1) is 15.9. The molecule has 1 N–H and O–H groups in total. The summed E-state index contributed by atoms with van der Waals surface area (Å²) < 4.78 is 1.95. The highest BCUT2D eigenvalue weighted by Gasteiger charge is 2.14. The van der Waals surface area contributed by atoms with Gasteiger partial charge in [-0.25, -0.2) is 4.98 Å². The number of hydrogen-bond acceptors (Lipinski definition) is 2. The van der Waals surface area contributed by atoms with Crippen LogP contribution in [0.2, 0.25) is 10.0 Å². The lowest BCUT2D eigenvalue weighted by atomic mass is 10.1. The molecule has 112 valence electrons. The van der Waals surface area contributed by atoms with Crippen LogP contribution in [-0.2, 0) is 11.3 Å². The summed E-state index contributed by atoms with van der Waals surface area (Å²) in [5.74, 6) is -0.00124. The van der Waals surface area contributed by atoms with Crippen LogP contribution in [0, 0.1) is 0 Å². The van der Waals surface area contributed by atoms with Gasteiger partial charge in [0.2, 0.25) is 5.91 Å². The standard InChI is InChI=1S/C15H17Cl2N3O/c1-11(12-4-2-5-13(16)15(12)17)19-14(21)6-3-8-20-9-7-18-10-20/h2,4-5,7,9-11H,3,6,8H2,1H3,(H,19,21)/t11-/m1/s1. The van der Waals surface area contributed by atoms with E-state index in [2.05, 4.69) is 10.3 Å². The molecule has 1 atom stereocenters. The van der Waals surface area contributed by atoms with Crippen molar-refractivity contribution >= 4 is 29.1 Å². The number of nitrogens with one attached hydrogen (secondary N) is 1. The van der Waals surface area contributed by atoms with Crippen LogP contribution in [0.1, 0.15) is 31.4 Å². The fourth-order valence-electron chi connectivity index (χ4n) is 2.09. The largest absolute Gasteiger partial charge is 0.350 e. The lowest BCUT2D eigenvalue weighted by Crippen LogP contribution is -2.26. The monoisotopic (exact) mass is 325 g/mol. The van der Waals surface area contributed by atoms with Crippen LogP contribution >= 0.6 is 23.2 Å². The van der Waals surface area contributed by atoms with Crippen molar-refractivity contribution in [3.8, 4) is 0 Å². The van der Waals surface area contributed by atoms with Crippen LogP contribution in [0.3, 0.4) is 0 Å². The Balaban J connectivity index is 1.83. The van der Waals surface area contributed by atoms with E-state index in [1.165, 1.54) is 0 Å². The summed E-state index contributed by atoms with van der Waals surface area (Å²) in [6, 6.07) is 5.25. The molecule has 6 heteroatoms. The van der Waals surface area contributed by atoms with Crippen LogP contribution in [-0.4, -0.2) is 15.5 Å². The van der Waals surface area contributed by atoms with Crippen LogP contribution in [0.5, 0.6) is 0 Å². The average Bonchev–Trinajstić information content (AvgIpc) is 2.95. The minimum absolute atomic E-state index is 0.00124. The number of aromatic nitrogens is 2. The number of carbonyl (C=O) groups is 1. The second kappa shape index (κ2) is 7.48. The van der Waals surface area contributed by atoms with Crippen LogP contribution in [0.15, 0.2) is 36.9 Å². The third-order valence-electron chi connectivity index (χ3n) is 3.20. The summed E-state index contributed by atoms with van der Waals surface area (Å²) in [5, 5.41) is 3.92. The number of imidazole rings is 1. The van der Waals surface area contributed by atoms with Crippen molar-refractivity contribution in [1.82, 2.24) is 14.9 Å². The maximum Gasteiger partial charge on any atom is 0.220 e. The summed E-state index contributed by atoms with van der Waals surface area (Å²) in [4.78, 5) is 15.9. The highest BCUT2D eigenvalue weighted by Crippen LogP contribution is 2.29. The molecule has 1 amide bonds. The van der Waals surface area contributed by atoms with Crippen molar-refractivity contribution < 1.29 is 4.79 Å². The number of hydrogen-bond donors (Lipinski definition) is 1. The molecule has 0 aliphatic heterocycles. The Morgan fingerprint density at radius 3 is 2.95 bits per heavy atom. The fourth-order valence-corrected chi connectivity index (χ4v) is 2.56. The lowest BCUT2D eigenvalue weighted by Gasteiger charge is -2.16. The molecule has 1 heterocycles. The molecule has 1 aromatic carbocycles. The third kappa shape index (κ3) is 4.48. The predicted molar refractivity (Wildman–Crippen MR) is 84.5 cm³/mol. The molecular formula is C15H17Cl2N3O. The van der Waals surface area contributed by atoms with Crippen molar-refractivity contribution in [1.29, 1.82) is 0 Å².